The Hall–Kier alpha value is -0.960. The predicted octanol–water partition coefficient (Wildman–Crippen LogP) is 3.09. The van der Waals surface area contributed by atoms with Crippen LogP contribution >= 0.6 is 11.8 Å². The van der Waals surface area contributed by atoms with Crippen LogP contribution in [0.3, 0.4) is 0 Å². The van der Waals surface area contributed by atoms with Crippen LogP contribution in [0.1, 0.15) is 25.3 Å². The lowest BCUT2D eigenvalue weighted by molar-refractivity contribution is -0.116. The van der Waals surface area contributed by atoms with Crippen molar-refractivity contribution >= 4 is 17.5 Å². The minimum Gasteiger partial charge on any atom is -0.490 e. The quantitative estimate of drug-likeness (QED) is 0.821. The third-order valence-electron chi connectivity index (χ3n) is 2.85. The molecule has 0 radical (unpaired) electrons. The van der Waals surface area contributed by atoms with Gasteiger partial charge in [-0.15, -0.1) is 0 Å². The van der Waals surface area contributed by atoms with Gasteiger partial charge in [0.05, 0.1) is 0 Å². The molecule has 2 rings (SSSR count). The summed E-state index contributed by atoms with van der Waals surface area (Å²) in [5.41, 5.74) is 1.06. The number of carbonyl (C=O) groups excluding carboxylic acids is 1. The molecular weight excluding hydrogens is 232 g/mol. The van der Waals surface area contributed by atoms with Crippen molar-refractivity contribution in [2.24, 2.45) is 0 Å². The molecule has 0 N–H and O–H groups in total. The first-order valence-electron chi connectivity index (χ1n) is 6.07. The summed E-state index contributed by atoms with van der Waals surface area (Å²) in [5.74, 6) is 3.53. The summed E-state index contributed by atoms with van der Waals surface area (Å²) >= 11 is 2.00. The maximum atomic E-state index is 11.0. The molecule has 0 amide bonds. The van der Waals surface area contributed by atoms with Crippen LogP contribution in [0.15, 0.2) is 24.3 Å². The zero-order valence-corrected chi connectivity index (χ0v) is 11.0. The van der Waals surface area contributed by atoms with E-state index >= 15 is 0 Å². The fourth-order valence-corrected chi connectivity index (χ4v) is 3.02. The van der Waals surface area contributed by atoms with E-state index in [0.717, 1.165) is 24.2 Å². The molecule has 1 heterocycles. The number of carbonyl (C=O) groups is 1. The highest BCUT2D eigenvalue weighted by Crippen LogP contribution is 2.22. The molecule has 0 unspecified atom stereocenters. The van der Waals surface area contributed by atoms with Crippen LogP contribution in [-0.4, -0.2) is 23.4 Å². The smallest absolute Gasteiger partial charge is 0.134 e. The van der Waals surface area contributed by atoms with Gasteiger partial charge in [0.1, 0.15) is 17.6 Å². The standard InChI is InChI=1S/C14H18O2S/c1-11(15)10-12-2-4-13(5-3-12)16-14-6-8-17-9-7-14/h2-5,14H,6-10H2,1H3. The van der Waals surface area contributed by atoms with Gasteiger partial charge in [0.15, 0.2) is 0 Å². The first-order chi connectivity index (χ1) is 8.24. The van der Waals surface area contributed by atoms with Gasteiger partial charge in [0.2, 0.25) is 0 Å². The summed E-state index contributed by atoms with van der Waals surface area (Å²) in [6.45, 7) is 1.62. The largest absolute Gasteiger partial charge is 0.490 e. The minimum absolute atomic E-state index is 0.197. The summed E-state index contributed by atoms with van der Waals surface area (Å²) in [6.07, 6.45) is 3.16. The predicted molar refractivity (Wildman–Crippen MR) is 71.8 cm³/mol. The van der Waals surface area contributed by atoms with Crippen molar-refractivity contribution in [1.29, 1.82) is 0 Å². The Balaban J connectivity index is 1.90. The van der Waals surface area contributed by atoms with E-state index in [4.69, 9.17) is 4.74 Å². The maximum absolute atomic E-state index is 11.0. The molecular formula is C14H18O2S. The minimum atomic E-state index is 0.197. The number of Topliss-reactive ketones (excluding diaryl/α,β-unsaturated/α-hetero) is 1. The first-order valence-corrected chi connectivity index (χ1v) is 7.22. The van der Waals surface area contributed by atoms with Gasteiger partial charge in [0, 0.05) is 6.42 Å². The van der Waals surface area contributed by atoms with Crippen molar-refractivity contribution in [3.8, 4) is 5.75 Å². The van der Waals surface area contributed by atoms with Gasteiger partial charge in [-0.2, -0.15) is 11.8 Å². The molecule has 2 nitrogen and oxygen atoms in total. The summed E-state index contributed by atoms with van der Waals surface area (Å²) in [6, 6.07) is 7.91. The van der Waals surface area contributed by atoms with Crippen LogP contribution < -0.4 is 4.74 Å². The zero-order valence-electron chi connectivity index (χ0n) is 10.1. The number of hydrogen-bond donors (Lipinski definition) is 0. The van der Waals surface area contributed by atoms with E-state index < -0.39 is 0 Å². The molecule has 3 heteroatoms. The monoisotopic (exact) mass is 250 g/mol. The summed E-state index contributed by atoms with van der Waals surface area (Å²) < 4.78 is 5.92. The molecule has 0 atom stereocenters. The molecule has 0 saturated carbocycles. The van der Waals surface area contributed by atoms with Crippen LogP contribution in [0.25, 0.3) is 0 Å². The van der Waals surface area contributed by atoms with E-state index in [9.17, 15) is 4.79 Å². The molecule has 0 spiro atoms. The molecule has 17 heavy (non-hydrogen) atoms. The number of rotatable bonds is 4. The average molecular weight is 250 g/mol. The van der Waals surface area contributed by atoms with Gasteiger partial charge in [-0.25, -0.2) is 0 Å². The molecule has 0 aromatic heterocycles. The molecule has 1 saturated heterocycles. The van der Waals surface area contributed by atoms with E-state index in [1.165, 1.54) is 11.5 Å². The number of benzene rings is 1. The third kappa shape index (κ3) is 4.08. The molecule has 0 bridgehead atoms. The molecule has 0 aliphatic carbocycles. The lowest BCUT2D eigenvalue weighted by Crippen LogP contribution is -2.22. The van der Waals surface area contributed by atoms with Crippen molar-refractivity contribution in [3.05, 3.63) is 29.8 Å². The zero-order chi connectivity index (χ0) is 12.1. The van der Waals surface area contributed by atoms with Gasteiger partial charge in [0.25, 0.3) is 0 Å². The molecule has 1 aromatic rings. The second-order valence-electron chi connectivity index (χ2n) is 4.45. The van der Waals surface area contributed by atoms with Gasteiger partial charge >= 0.3 is 0 Å². The van der Waals surface area contributed by atoms with Gasteiger partial charge in [-0.1, -0.05) is 12.1 Å². The lowest BCUT2D eigenvalue weighted by Gasteiger charge is -2.22. The Morgan fingerprint density at radius 3 is 2.53 bits per heavy atom. The van der Waals surface area contributed by atoms with Crippen LogP contribution in [0.5, 0.6) is 5.75 Å². The molecule has 1 fully saturated rings. The summed E-state index contributed by atoms with van der Waals surface area (Å²) in [5, 5.41) is 0. The van der Waals surface area contributed by atoms with Crippen LogP contribution in [-0.2, 0) is 11.2 Å². The highest BCUT2D eigenvalue weighted by atomic mass is 32.2. The van der Waals surface area contributed by atoms with Crippen molar-refractivity contribution in [1.82, 2.24) is 0 Å². The van der Waals surface area contributed by atoms with Crippen molar-refractivity contribution < 1.29 is 9.53 Å². The number of ether oxygens (including phenoxy) is 1. The van der Waals surface area contributed by atoms with Crippen LogP contribution in [0.2, 0.25) is 0 Å². The Morgan fingerprint density at radius 1 is 1.29 bits per heavy atom. The number of thioether (sulfide) groups is 1. The Bertz CT molecular complexity index is 366. The highest BCUT2D eigenvalue weighted by Gasteiger charge is 2.14. The molecule has 1 aromatic carbocycles. The summed E-state index contributed by atoms with van der Waals surface area (Å²) in [4.78, 5) is 11.0. The Kier molecular flexibility index (Phi) is 4.49. The van der Waals surface area contributed by atoms with Gasteiger partial charge in [-0.05, 0) is 49.0 Å². The Labute approximate surface area is 107 Å². The van der Waals surface area contributed by atoms with E-state index in [2.05, 4.69) is 0 Å². The lowest BCUT2D eigenvalue weighted by atomic mass is 10.1. The van der Waals surface area contributed by atoms with Crippen molar-refractivity contribution in [2.45, 2.75) is 32.3 Å². The van der Waals surface area contributed by atoms with Crippen molar-refractivity contribution in [3.63, 3.8) is 0 Å². The van der Waals surface area contributed by atoms with Crippen molar-refractivity contribution in [2.75, 3.05) is 11.5 Å². The van der Waals surface area contributed by atoms with E-state index in [0.29, 0.717) is 12.5 Å². The molecule has 1 aliphatic rings. The SMILES string of the molecule is CC(=O)Cc1ccc(OC2CCSCC2)cc1. The fourth-order valence-electron chi connectivity index (χ4n) is 1.96. The average Bonchev–Trinajstić information content (AvgIpc) is 2.32. The Morgan fingerprint density at radius 2 is 1.94 bits per heavy atom. The van der Waals surface area contributed by atoms with E-state index in [-0.39, 0.29) is 5.78 Å². The van der Waals surface area contributed by atoms with Crippen LogP contribution in [0.4, 0.5) is 0 Å². The topological polar surface area (TPSA) is 26.3 Å². The fraction of sp³-hybridized carbons (Fsp3) is 0.500. The normalized spacial score (nSPS) is 16.8. The number of hydrogen-bond acceptors (Lipinski definition) is 3. The van der Waals surface area contributed by atoms with Gasteiger partial charge in [-0.3, -0.25) is 4.79 Å². The van der Waals surface area contributed by atoms with Gasteiger partial charge < -0.3 is 4.74 Å². The summed E-state index contributed by atoms with van der Waals surface area (Å²) in [7, 11) is 0. The molecule has 1 aliphatic heterocycles. The van der Waals surface area contributed by atoms with E-state index in [1.54, 1.807) is 6.92 Å². The maximum Gasteiger partial charge on any atom is 0.134 e. The third-order valence-corrected chi connectivity index (χ3v) is 3.90. The van der Waals surface area contributed by atoms with Crippen LogP contribution in [0, 0.1) is 0 Å². The first kappa shape index (κ1) is 12.5. The molecule has 92 valence electrons. The number of ketones is 1. The second-order valence-corrected chi connectivity index (χ2v) is 5.68. The highest BCUT2D eigenvalue weighted by molar-refractivity contribution is 7.99. The second kappa shape index (κ2) is 6.10. The van der Waals surface area contributed by atoms with E-state index in [1.807, 2.05) is 36.0 Å².